The number of hydrogen-bond acceptors (Lipinski definition) is 6. The number of aliphatic hydroxyl groups excluding tert-OH is 1. The Labute approximate surface area is 258 Å². The minimum Gasteiger partial charge on any atom is -0.481 e. The molecule has 3 atom stereocenters. The maximum Gasteiger partial charge on any atom is 0.305 e. The molecule has 0 bridgehead atoms. The highest BCUT2D eigenvalue weighted by Gasteiger charge is 2.35. The van der Waals surface area contributed by atoms with Crippen molar-refractivity contribution in [3.63, 3.8) is 0 Å². The first-order valence-electron chi connectivity index (χ1n) is 15.1. The third-order valence-electron chi connectivity index (χ3n) is 7.74. The molecule has 1 aliphatic heterocycles. The first-order valence-corrected chi connectivity index (χ1v) is 15.1. The molecule has 0 aromatic heterocycles. The van der Waals surface area contributed by atoms with Crippen LogP contribution in [0.1, 0.15) is 50.7 Å². The summed E-state index contributed by atoms with van der Waals surface area (Å²) in [7, 11) is 1.52. The number of carboxylic acids is 1. The number of aliphatic carboxylic acids is 1. The number of carbonyl (C=O) groups excluding carboxylic acids is 4. The van der Waals surface area contributed by atoms with Gasteiger partial charge in [0.1, 0.15) is 18.1 Å². The fourth-order valence-corrected chi connectivity index (χ4v) is 5.24. The Bertz CT molecular complexity index is 1260. The summed E-state index contributed by atoms with van der Waals surface area (Å²) < 4.78 is 0. The number of amides is 4. The topological polar surface area (TPSA) is 156 Å². The predicted molar refractivity (Wildman–Crippen MR) is 164 cm³/mol. The smallest absolute Gasteiger partial charge is 0.305 e. The van der Waals surface area contributed by atoms with Gasteiger partial charge in [-0.15, -0.1) is 0 Å². The van der Waals surface area contributed by atoms with Crippen molar-refractivity contribution in [1.29, 1.82) is 0 Å². The van der Waals surface area contributed by atoms with Gasteiger partial charge in [-0.2, -0.15) is 0 Å². The van der Waals surface area contributed by atoms with Crippen molar-refractivity contribution in [1.82, 2.24) is 20.4 Å². The highest BCUT2D eigenvalue weighted by molar-refractivity contribution is 5.96. The molecule has 0 unspecified atom stereocenters. The van der Waals surface area contributed by atoms with Gasteiger partial charge in [-0.3, -0.25) is 24.0 Å². The normalized spacial score (nSPS) is 15.6. The standard InChI is InChI=1S/C33H44N4O7/c1-22(2)18-28(36(3)29(39)20-24-12-8-5-9-13-24)32(43)34-26(21-30(40)41)31(42)35-27(19-23-10-6-4-7-11-23)33(44)37-16-14-25(38)15-17-37/h4-13,22,25-28,38H,14-21H2,1-3H3,(H,34,43)(H,35,42)(H,40,41)/t26-,27-,28-/m0/s1. The number of likely N-dealkylation sites (tertiary alicyclic amines) is 1. The monoisotopic (exact) mass is 608 g/mol. The van der Waals surface area contributed by atoms with E-state index in [2.05, 4.69) is 10.6 Å². The predicted octanol–water partition coefficient (Wildman–Crippen LogP) is 1.77. The average molecular weight is 609 g/mol. The van der Waals surface area contributed by atoms with Gasteiger partial charge >= 0.3 is 5.97 Å². The zero-order chi connectivity index (χ0) is 32.2. The lowest BCUT2D eigenvalue weighted by atomic mass is 10.00. The molecular weight excluding hydrogens is 564 g/mol. The Kier molecular flexibility index (Phi) is 12.9. The number of aliphatic hydroxyl groups is 1. The molecular formula is C33H44N4O7. The molecule has 44 heavy (non-hydrogen) atoms. The number of piperidine rings is 1. The summed E-state index contributed by atoms with van der Waals surface area (Å²) in [5.41, 5.74) is 1.58. The van der Waals surface area contributed by atoms with E-state index < -0.39 is 48.4 Å². The Balaban J connectivity index is 1.79. The lowest BCUT2D eigenvalue weighted by Gasteiger charge is -2.33. The van der Waals surface area contributed by atoms with Gasteiger partial charge in [-0.1, -0.05) is 74.5 Å². The van der Waals surface area contributed by atoms with Crippen LogP contribution in [0.4, 0.5) is 0 Å². The van der Waals surface area contributed by atoms with E-state index in [0.29, 0.717) is 32.4 Å². The van der Waals surface area contributed by atoms with Crippen LogP contribution in [-0.4, -0.2) is 94.0 Å². The second-order valence-electron chi connectivity index (χ2n) is 11.8. The van der Waals surface area contributed by atoms with Gasteiger partial charge in [0.25, 0.3) is 0 Å². The SMILES string of the molecule is CC(C)C[C@@H](C(=O)N[C@@H](CC(=O)O)C(=O)N[C@@H](Cc1ccccc1)C(=O)N1CCC(O)CC1)N(C)C(=O)Cc1ccccc1. The maximum absolute atomic E-state index is 13.6. The van der Waals surface area contributed by atoms with Crippen LogP contribution in [0.3, 0.4) is 0 Å². The van der Waals surface area contributed by atoms with Crippen molar-refractivity contribution in [3.8, 4) is 0 Å². The van der Waals surface area contributed by atoms with Gasteiger partial charge in [0.2, 0.25) is 23.6 Å². The molecule has 0 radical (unpaired) electrons. The number of hydrogen-bond donors (Lipinski definition) is 4. The molecule has 1 fully saturated rings. The zero-order valence-corrected chi connectivity index (χ0v) is 25.6. The summed E-state index contributed by atoms with van der Waals surface area (Å²) in [4.78, 5) is 68.5. The van der Waals surface area contributed by atoms with Gasteiger partial charge in [0, 0.05) is 26.6 Å². The quantitative estimate of drug-likeness (QED) is 0.255. The molecule has 1 heterocycles. The molecule has 238 valence electrons. The summed E-state index contributed by atoms with van der Waals surface area (Å²) in [5, 5.41) is 24.8. The molecule has 1 aliphatic rings. The Morgan fingerprint density at radius 3 is 1.95 bits per heavy atom. The van der Waals surface area contributed by atoms with E-state index in [4.69, 9.17) is 0 Å². The summed E-state index contributed by atoms with van der Waals surface area (Å²) in [6.07, 6.45) is 0.162. The van der Waals surface area contributed by atoms with Gasteiger partial charge in [0.05, 0.1) is 18.9 Å². The first-order chi connectivity index (χ1) is 20.9. The summed E-state index contributed by atoms with van der Waals surface area (Å²) in [6, 6.07) is 14.8. The zero-order valence-electron chi connectivity index (χ0n) is 25.6. The Morgan fingerprint density at radius 1 is 0.864 bits per heavy atom. The first kappa shape index (κ1) is 34.2. The second kappa shape index (κ2) is 16.6. The second-order valence-corrected chi connectivity index (χ2v) is 11.8. The fraction of sp³-hybridized carbons (Fsp3) is 0.485. The van der Waals surface area contributed by atoms with Crippen LogP contribution in [0.5, 0.6) is 0 Å². The van der Waals surface area contributed by atoms with Gasteiger partial charge in [-0.25, -0.2) is 0 Å². The number of nitrogens with one attached hydrogen (secondary N) is 2. The van der Waals surface area contributed by atoms with E-state index in [9.17, 15) is 34.2 Å². The Morgan fingerprint density at radius 2 is 1.41 bits per heavy atom. The molecule has 1 saturated heterocycles. The number of benzene rings is 2. The fourth-order valence-electron chi connectivity index (χ4n) is 5.24. The number of rotatable bonds is 14. The third-order valence-corrected chi connectivity index (χ3v) is 7.74. The summed E-state index contributed by atoms with van der Waals surface area (Å²) >= 11 is 0. The van der Waals surface area contributed by atoms with Crippen LogP contribution in [0.2, 0.25) is 0 Å². The van der Waals surface area contributed by atoms with Crippen molar-refractivity contribution < 1.29 is 34.2 Å². The molecule has 0 aliphatic carbocycles. The maximum atomic E-state index is 13.6. The molecule has 4 amide bonds. The summed E-state index contributed by atoms with van der Waals surface area (Å²) in [6.45, 7) is 4.46. The van der Waals surface area contributed by atoms with Crippen molar-refractivity contribution >= 4 is 29.6 Å². The van der Waals surface area contributed by atoms with Crippen LogP contribution in [0.15, 0.2) is 60.7 Å². The molecule has 2 aromatic carbocycles. The number of carboxylic acid groups (broad SMARTS) is 1. The highest BCUT2D eigenvalue weighted by atomic mass is 16.4. The van der Waals surface area contributed by atoms with Crippen molar-refractivity contribution in [2.75, 3.05) is 20.1 Å². The van der Waals surface area contributed by atoms with Crippen molar-refractivity contribution in [3.05, 3.63) is 71.8 Å². The van der Waals surface area contributed by atoms with E-state index in [1.165, 1.54) is 11.9 Å². The lowest BCUT2D eigenvalue weighted by Crippen LogP contribution is -2.58. The molecule has 0 saturated carbocycles. The van der Waals surface area contributed by atoms with Gasteiger partial charge < -0.3 is 30.6 Å². The highest BCUT2D eigenvalue weighted by Crippen LogP contribution is 2.16. The molecule has 0 spiro atoms. The molecule has 11 nitrogen and oxygen atoms in total. The average Bonchev–Trinajstić information content (AvgIpc) is 2.99. The number of nitrogens with zero attached hydrogens (tertiary/aromatic N) is 2. The number of carbonyl (C=O) groups is 5. The van der Waals surface area contributed by atoms with Crippen LogP contribution >= 0.6 is 0 Å². The lowest BCUT2D eigenvalue weighted by molar-refractivity contribution is -0.144. The van der Waals surface area contributed by atoms with Crippen LogP contribution < -0.4 is 10.6 Å². The third kappa shape index (κ3) is 10.5. The van der Waals surface area contributed by atoms with E-state index in [-0.39, 0.29) is 30.6 Å². The van der Waals surface area contributed by atoms with Gasteiger partial charge in [0.15, 0.2) is 0 Å². The van der Waals surface area contributed by atoms with Crippen molar-refractivity contribution in [2.24, 2.45) is 5.92 Å². The number of likely N-dealkylation sites (N-methyl/N-ethyl adjacent to an activating group) is 1. The van der Waals surface area contributed by atoms with Gasteiger partial charge in [-0.05, 0) is 36.3 Å². The molecule has 4 N–H and O–H groups in total. The minimum absolute atomic E-state index is 0.0143. The summed E-state index contributed by atoms with van der Waals surface area (Å²) in [5.74, 6) is -3.40. The molecule has 2 aromatic rings. The van der Waals surface area contributed by atoms with Crippen LogP contribution in [0, 0.1) is 5.92 Å². The Hall–Kier alpha value is -4.25. The van der Waals surface area contributed by atoms with E-state index in [1.807, 2.05) is 74.5 Å². The molecule has 11 heteroatoms. The van der Waals surface area contributed by atoms with E-state index in [1.54, 1.807) is 4.90 Å². The van der Waals surface area contributed by atoms with E-state index >= 15 is 0 Å². The molecule has 3 rings (SSSR count). The van der Waals surface area contributed by atoms with E-state index in [0.717, 1.165) is 11.1 Å². The van der Waals surface area contributed by atoms with Crippen LogP contribution in [0.25, 0.3) is 0 Å². The minimum atomic E-state index is -1.48. The largest absolute Gasteiger partial charge is 0.481 e. The van der Waals surface area contributed by atoms with Crippen molar-refractivity contribution in [2.45, 2.75) is 76.6 Å². The van der Waals surface area contributed by atoms with Crippen LogP contribution in [-0.2, 0) is 36.8 Å².